The van der Waals surface area contributed by atoms with E-state index < -0.39 is 27.8 Å². The fourth-order valence-corrected chi connectivity index (χ4v) is 2.52. The van der Waals surface area contributed by atoms with Gasteiger partial charge in [0.2, 0.25) is 5.95 Å². The van der Waals surface area contributed by atoms with E-state index in [0.717, 1.165) is 12.1 Å². The van der Waals surface area contributed by atoms with Gasteiger partial charge < -0.3 is 4.90 Å². The van der Waals surface area contributed by atoms with Crippen molar-refractivity contribution in [2.45, 2.75) is 46.2 Å². The quantitative estimate of drug-likeness (QED) is 0.565. The predicted molar refractivity (Wildman–Crippen MR) is 95.3 cm³/mol. The van der Waals surface area contributed by atoms with Gasteiger partial charge in [-0.05, 0) is 26.0 Å². The number of nitro benzene ring substituents is 1. The van der Waals surface area contributed by atoms with Gasteiger partial charge in [-0.1, -0.05) is 20.8 Å². The second kappa shape index (κ2) is 7.16. The Morgan fingerprint density at radius 2 is 1.78 bits per heavy atom. The molecule has 0 aliphatic heterocycles. The number of nitro groups is 1. The molecule has 1 heterocycles. The van der Waals surface area contributed by atoms with Crippen molar-refractivity contribution in [2.24, 2.45) is 0 Å². The lowest BCUT2D eigenvalue weighted by Gasteiger charge is -2.20. The summed E-state index contributed by atoms with van der Waals surface area (Å²) < 4.78 is 40.2. The monoisotopic (exact) mass is 385 g/mol. The van der Waals surface area contributed by atoms with E-state index in [1.54, 1.807) is 0 Å². The summed E-state index contributed by atoms with van der Waals surface area (Å²) in [5.74, 6) is 0.798. The summed E-state index contributed by atoms with van der Waals surface area (Å²) in [4.78, 5) is 17.0. The molecule has 0 radical (unpaired) electrons. The maximum Gasteiger partial charge on any atom is 0.416 e. The third-order valence-electron chi connectivity index (χ3n) is 4.03. The fraction of sp³-hybridized carbons (Fsp3) is 0.529. The second-order valence-electron chi connectivity index (χ2n) is 7.03. The van der Waals surface area contributed by atoms with Crippen molar-refractivity contribution in [2.75, 3.05) is 18.0 Å². The number of benzene rings is 1. The molecule has 10 heteroatoms. The molecule has 0 unspecified atom stereocenters. The summed E-state index contributed by atoms with van der Waals surface area (Å²) in [5, 5.41) is 15.8. The standard InChI is InChI=1S/C17H22F3N5O2/c1-6-23(7-2)15-21-14(16(3,4)5)22-24(15)12-9-8-11(17(18,19)20)10-13(12)25(26)27/h8-10H,6-7H2,1-5H3. The van der Waals surface area contributed by atoms with E-state index in [0.29, 0.717) is 30.9 Å². The Balaban J connectivity index is 2.76. The van der Waals surface area contributed by atoms with Crippen LogP contribution in [0.3, 0.4) is 0 Å². The average molecular weight is 385 g/mol. The first-order valence-electron chi connectivity index (χ1n) is 8.48. The minimum absolute atomic E-state index is 0.0575. The summed E-state index contributed by atoms with van der Waals surface area (Å²) >= 11 is 0. The first-order valence-corrected chi connectivity index (χ1v) is 8.48. The van der Waals surface area contributed by atoms with Crippen molar-refractivity contribution in [3.63, 3.8) is 0 Å². The van der Waals surface area contributed by atoms with E-state index in [-0.39, 0.29) is 5.69 Å². The van der Waals surface area contributed by atoms with Crippen LogP contribution in [0.15, 0.2) is 18.2 Å². The molecule has 27 heavy (non-hydrogen) atoms. The topological polar surface area (TPSA) is 77.1 Å². The number of nitrogens with zero attached hydrogens (tertiary/aromatic N) is 5. The van der Waals surface area contributed by atoms with Crippen molar-refractivity contribution >= 4 is 11.6 Å². The smallest absolute Gasteiger partial charge is 0.341 e. The Kier molecular flexibility index (Phi) is 5.48. The van der Waals surface area contributed by atoms with Crippen LogP contribution in [0, 0.1) is 10.1 Å². The van der Waals surface area contributed by atoms with E-state index in [9.17, 15) is 23.3 Å². The van der Waals surface area contributed by atoms with Crippen LogP contribution in [0.25, 0.3) is 5.69 Å². The fourth-order valence-electron chi connectivity index (χ4n) is 2.52. The highest BCUT2D eigenvalue weighted by atomic mass is 19.4. The Labute approximate surface area is 155 Å². The van der Waals surface area contributed by atoms with Crippen LogP contribution in [-0.2, 0) is 11.6 Å². The molecule has 2 aromatic rings. The zero-order valence-electron chi connectivity index (χ0n) is 15.8. The molecule has 0 saturated carbocycles. The summed E-state index contributed by atoms with van der Waals surface area (Å²) in [6.07, 6.45) is -4.68. The summed E-state index contributed by atoms with van der Waals surface area (Å²) in [6, 6.07) is 2.40. The van der Waals surface area contributed by atoms with E-state index in [4.69, 9.17) is 0 Å². The van der Waals surface area contributed by atoms with E-state index >= 15 is 0 Å². The molecule has 148 valence electrons. The van der Waals surface area contributed by atoms with Gasteiger partial charge in [0.05, 0.1) is 10.5 Å². The van der Waals surface area contributed by atoms with Crippen molar-refractivity contribution in [1.82, 2.24) is 14.8 Å². The molecule has 2 rings (SSSR count). The molecule has 0 aliphatic rings. The third-order valence-corrected chi connectivity index (χ3v) is 4.03. The lowest BCUT2D eigenvalue weighted by molar-refractivity contribution is -0.384. The Morgan fingerprint density at radius 1 is 1.19 bits per heavy atom. The van der Waals surface area contributed by atoms with Crippen molar-refractivity contribution < 1.29 is 18.1 Å². The maximum absolute atomic E-state index is 13.0. The number of halogens is 3. The molecule has 0 amide bonds. The zero-order chi connectivity index (χ0) is 20.6. The maximum atomic E-state index is 13.0. The van der Waals surface area contributed by atoms with Crippen LogP contribution in [0.2, 0.25) is 0 Å². The zero-order valence-corrected chi connectivity index (χ0v) is 15.8. The van der Waals surface area contributed by atoms with Crippen LogP contribution in [0.4, 0.5) is 24.8 Å². The molecule has 0 aliphatic carbocycles. The van der Waals surface area contributed by atoms with Gasteiger partial charge in [-0.3, -0.25) is 10.1 Å². The van der Waals surface area contributed by atoms with Gasteiger partial charge in [0.15, 0.2) is 5.82 Å². The number of aromatic nitrogens is 3. The van der Waals surface area contributed by atoms with E-state index in [2.05, 4.69) is 10.1 Å². The Hall–Kier alpha value is -2.65. The lowest BCUT2D eigenvalue weighted by atomic mass is 9.96. The first-order chi connectivity index (χ1) is 12.4. The number of hydrogen-bond acceptors (Lipinski definition) is 5. The van der Waals surface area contributed by atoms with E-state index in [1.807, 2.05) is 39.5 Å². The molecule has 0 spiro atoms. The van der Waals surface area contributed by atoms with Gasteiger partial charge >= 0.3 is 6.18 Å². The Bertz CT molecular complexity index is 836. The van der Waals surface area contributed by atoms with Crippen molar-refractivity contribution in [1.29, 1.82) is 0 Å². The van der Waals surface area contributed by atoms with Crippen LogP contribution >= 0.6 is 0 Å². The highest BCUT2D eigenvalue weighted by molar-refractivity contribution is 5.57. The molecular formula is C17H22F3N5O2. The molecule has 1 aromatic heterocycles. The molecular weight excluding hydrogens is 363 g/mol. The third kappa shape index (κ3) is 4.20. The number of anilines is 1. The molecule has 0 bridgehead atoms. The lowest BCUT2D eigenvalue weighted by Crippen LogP contribution is -2.25. The summed E-state index contributed by atoms with van der Waals surface area (Å²) in [7, 11) is 0. The molecule has 7 nitrogen and oxygen atoms in total. The highest BCUT2D eigenvalue weighted by Gasteiger charge is 2.34. The van der Waals surface area contributed by atoms with Crippen molar-refractivity contribution in [3.05, 3.63) is 39.7 Å². The van der Waals surface area contributed by atoms with Crippen LogP contribution < -0.4 is 4.90 Å². The summed E-state index contributed by atoms with van der Waals surface area (Å²) in [6.45, 7) is 10.6. The molecule has 0 fully saturated rings. The van der Waals surface area contributed by atoms with Gasteiger partial charge in [-0.25, -0.2) is 0 Å². The number of hydrogen-bond donors (Lipinski definition) is 0. The van der Waals surface area contributed by atoms with Crippen LogP contribution in [-0.4, -0.2) is 32.8 Å². The first kappa shape index (κ1) is 20.7. The van der Waals surface area contributed by atoms with Gasteiger partial charge in [0, 0.05) is 24.6 Å². The number of alkyl halides is 3. The molecule has 1 aromatic carbocycles. The molecule has 0 saturated heterocycles. The highest BCUT2D eigenvalue weighted by Crippen LogP contribution is 2.35. The SMILES string of the molecule is CCN(CC)c1nc(C(C)(C)C)nn1-c1ccc(C(F)(F)F)cc1[N+](=O)[O-]. The van der Waals surface area contributed by atoms with Gasteiger partial charge in [-0.2, -0.15) is 22.8 Å². The summed E-state index contributed by atoms with van der Waals surface area (Å²) in [5.41, 5.74) is -2.26. The average Bonchev–Trinajstić information content (AvgIpc) is 3.00. The van der Waals surface area contributed by atoms with Crippen molar-refractivity contribution in [3.8, 4) is 5.69 Å². The largest absolute Gasteiger partial charge is 0.416 e. The minimum Gasteiger partial charge on any atom is -0.341 e. The van der Waals surface area contributed by atoms with Gasteiger partial charge in [0.25, 0.3) is 5.69 Å². The normalized spacial score (nSPS) is 12.3. The van der Waals surface area contributed by atoms with Crippen LogP contribution in [0.5, 0.6) is 0 Å². The minimum atomic E-state index is -4.68. The second-order valence-corrected chi connectivity index (χ2v) is 7.03. The number of rotatable bonds is 5. The van der Waals surface area contributed by atoms with Crippen LogP contribution in [0.1, 0.15) is 46.0 Å². The van der Waals surface area contributed by atoms with Gasteiger partial charge in [0.1, 0.15) is 5.69 Å². The molecule has 0 N–H and O–H groups in total. The van der Waals surface area contributed by atoms with Gasteiger partial charge in [-0.15, -0.1) is 5.10 Å². The Morgan fingerprint density at radius 3 is 2.22 bits per heavy atom. The predicted octanol–water partition coefficient (Wildman–Crippen LogP) is 4.34. The van der Waals surface area contributed by atoms with E-state index in [1.165, 1.54) is 4.68 Å². The molecule has 0 atom stereocenters.